The summed E-state index contributed by atoms with van der Waals surface area (Å²) in [5.74, 6) is 1.97. The van der Waals surface area contributed by atoms with Crippen molar-refractivity contribution in [3.05, 3.63) is 11.3 Å². The minimum absolute atomic E-state index is 0.257. The van der Waals surface area contributed by atoms with Crippen LogP contribution in [0.3, 0.4) is 0 Å². The zero-order valence-electron chi connectivity index (χ0n) is 14.6. The zero-order valence-corrected chi connectivity index (χ0v) is 14.6. The molecule has 0 bridgehead atoms. The van der Waals surface area contributed by atoms with Crippen LogP contribution < -0.4 is 10.6 Å². The lowest BCUT2D eigenvalue weighted by molar-refractivity contribution is -0.0133. The summed E-state index contributed by atoms with van der Waals surface area (Å²) in [6, 6.07) is 0. The molecule has 6 nitrogen and oxygen atoms in total. The minimum atomic E-state index is 0.257. The van der Waals surface area contributed by atoms with Crippen LogP contribution in [-0.2, 0) is 17.8 Å². The van der Waals surface area contributed by atoms with E-state index in [0.717, 1.165) is 62.5 Å². The number of anilines is 2. The second-order valence-electron chi connectivity index (χ2n) is 6.75. The van der Waals surface area contributed by atoms with Gasteiger partial charge in [0.15, 0.2) is 0 Å². The van der Waals surface area contributed by atoms with E-state index in [1.54, 1.807) is 0 Å². The largest absolute Gasteiger partial charge is 0.373 e. The van der Waals surface area contributed by atoms with Crippen LogP contribution >= 0.6 is 0 Å². The minimum Gasteiger partial charge on any atom is -0.373 e. The summed E-state index contributed by atoms with van der Waals surface area (Å²) < 4.78 is 6.18. The number of hydrogen-bond donors (Lipinski definition) is 1. The van der Waals surface area contributed by atoms with Crippen LogP contribution in [0.2, 0.25) is 0 Å². The first kappa shape index (κ1) is 16.5. The highest BCUT2D eigenvalue weighted by Gasteiger charge is 2.30. The average molecular weight is 319 g/mol. The van der Waals surface area contributed by atoms with Crippen molar-refractivity contribution < 1.29 is 4.74 Å². The summed E-state index contributed by atoms with van der Waals surface area (Å²) >= 11 is 0. The molecule has 0 saturated carbocycles. The van der Waals surface area contributed by atoms with Crippen molar-refractivity contribution in [2.75, 3.05) is 43.9 Å². The van der Waals surface area contributed by atoms with Gasteiger partial charge in [-0.1, -0.05) is 26.7 Å². The van der Waals surface area contributed by atoms with Gasteiger partial charge in [0.2, 0.25) is 5.95 Å². The highest BCUT2D eigenvalue weighted by atomic mass is 16.5. The van der Waals surface area contributed by atoms with Crippen molar-refractivity contribution in [1.82, 2.24) is 14.9 Å². The molecule has 1 aromatic heterocycles. The smallest absolute Gasteiger partial charge is 0.222 e. The lowest BCUT2D eigenvalue weighted by Gasteiger charge is -2.36. The molecular weight excluding hydrogens is 290 g/mol. The summed E-state index contributed by atoms with van der Waals surface area (Å²) in [6.07, 6.45) is 3.40. The maximum absolute atomic E-state index is 6.18. The van der Waals surface area contributed by atoms with Gasteiger partial charge in [-0.25, -0.2) is 4.98 Å². The quantitative estimate of drug-likeness (QED) is 0.911. The fourth-order valence-electron chi connectivity index (χ4n) is 3.69. The topological polar surface area (TPSA) is 67.5 Å². The monoisotopic (exact) mass is 319 g/mol. The van der Waals surface area contributed by atoms with Crippen molar-refractivity contribution in [2.24, 2.45) is 5.92 Å². The Kier molecular flexibility index (Phi) is 5.02. The first-order valence-corrected chi connectivity index (χ1v) is 8.82. The van der Waals surface area contributed by atoms with E-state index >= 15 is 0 Å². The number of ether oxygens (including phenoxy) is 1. The van der Waals surface area contributed by atoms with Crippen LogP contribution in [0.5, 0.6) is 0 Å². The molecule has 3 heterocycles. The maximum Gasteiger partial charge on any atom is 0.222 e. The molecular formula is C17H29N5O. The van der Waals surface area contributed by atoms with Crippen LogP contribution in [0, 0.1) is 5.92 Å². The Morgan fingerprint density at radius 3 is 2.52 bits per heavy atom. The molecule has 0 radical (unpaired) electrons. The van der Waals surface area contributed by atoms with Crippen molar-refractivity contribution in [3.8, 4) is 0 Å². The van der Waals surface area contributed by atoms with Gasteiger partial charge in [0.1, 0.15) is 5.82 Å². The zero-order chi connectivity index (χ0) is 16.4. The van der Waals surface area contributed by atoms with Gasteiger partial charge in [0, 0.05) is 38.2 Å². The van der Waals surface area contributed by atoms with Gasteiger partial charge >= 0.3 is 0 Å². The molecule has 0 aromatic carbocycles. The molecule has 0 amide bonds. The Hall–Kier alpha value is -1.40. The van der Waals surface area contributed by atoms with Crippen LogP contribution in [0.15, 0.2) is 0 Å². The lowest BCUT2D eigenvalue weighted by Crippen LogP contribution is -2.45. The maximum atomic E-state index is 6.18. The van der Waals surface area contributed by atoms with E-state index in [1.807, 2.05) is 0 Å². The molecule has 1 fully saturated rings. The molecule has 128 valence electrons. The van der Waals surface area contributed by atoms with Crippen molar-refractivity contribution in [2.45, 2.75) is 45.8 Å². The first-order valence-electron chi connectivity index (χ1n) is 8.82. The first-order chi connectivity index (χ1) is 11.1. The van der Waals surface area contributed by atoms with Gasteiger partial charge < -0.3 is 20.3 Å². The number of aromatic nitrogens is 2. The molecule has 2 N–H and O–H groups in total. The number of piperazine rings is 1. The third-order valence-corrected chi connectivity index (χ3v) is 5.30. The van der Waals surface area contributed by atoms with Crippen LogP contribution in [0.25, 0.3) is 0 Å². The lowest BCUT2D eigenvalue weighted by atomic mass is 9.90. The second kappa shape index (κ2) is 7.01. The predicted octanol–water partition coefficient (Wildman–Crippen LogP) is 1.69. The number of nitrogens with two attached hydrogens (primary N) is 1. The van der Waals surface area contributed by atoms with Gasteiger partial charge in [0.05, 0.1) is 18.4 Å². The van der Waals surface area contributed by atoms with E-state index in [0.29, 0.717) is 18.5 Å². The van der Waals surface area contributed by atoms with Crippen molar-refractivity contribution >= 4 is 11.8 Å². The molecule has 3 rings (SSSR count). The normalized spacial score (nSPS) is 22.4. The number of hydrogen-bond acceptors (Lipinski definition) is 6. The van der Waals surface area contributed by atoms with Crippen LogP contribution in [0.1, 0.15) is 37.9 Å². The fourth-order valence-corrected chi connectivity index (χ4v) is 3.69. The van der Waals surface area contributed by atoms with E-state index in [2.05, 4.69) is 40.7 Å². The Labute approximate surface area is 139 Å². The molecule has 23 heavy (non-hydrogen) atoms. The van der Waals surface area contributed by atoms with Gasteiger partial charge in [-0.05, 0) is 13.0 Å². The van der Waals surface area contributed by atoms with Crippen LogP contribution in [0.4, 0.5) is 11.8 Å². The van der Waals surface area contributed by atoms with Gasteiger partial charge in [0.25, 0.3) is 0 Å². The average Bonchev–Trinajstić information content (AvgIpc) is 2.55. The number of nitrogen functional groups attached to an aromatic ring is 1. The highest BCUT2D eigenvalue weighted by molar-refractivity contribution is 5.53. The third kappa shape index (κ3) is 3.43. The number of rotatable bonds is 4. The van der Waals surface area contributed by atoms with Gasteiger partial charge in [-0.3, -0.25) is 0 Å². The van der Waals surface area contributed by atoms with E-state index in [-0.39, 0.29) is 6.10 Å². The molecule has 1 unspecified atom stereocenters. The number of likely N-dealkylation sites (N-methyl/N-ethyl adjacent to an activating group) is 1. The Morgan fingerprint density at radius 1 is 1.17 bits per heavy atom. The molecule has 0 spiro atoms. The molecule has 2 aliphatic heterocycles. The molecule has 0 aliphatic carbocycles. The predicted molar refractivity (Wildman–Crippen MR) is 92.5 cm³/mol. The Morgan fingerprint density at radius 2 is 1.87 bits per heavy atom. The van der Waals surface area contributed by atoms with E-state index < -0.39 is 0 Å². The summed E-state index contributed by atoms with van der Waals surface area (Å²) in [6.45, 7) is 9.14. The SMILES string of the molecule is CCC(CC)C1Cc2nc(N)nc(N3CCN(C)CC3)c2CO1. The Bertz CT molecular complexity index is 538. The highest BCUT2D eigenvalue weighted by Crippen LogP contribution is 2.32. The molecule has 1 aromatic rings. The van der Waals surface area contributed by atoms with E-state index in [1.165, 1.54) is 0 Å². The summed E-state index contributed by atoms with van der Waals surface area (Å²) in [5.41, 5.74) is 8.24. The second-order valence-corrected chi connectivity index (χ2v) is 6.75. The summed E-state index contributed by atoms with van der Waals surface area (Å²) in [7, 11) is 2.16. The molecule has 2 aliphatic rings. The molecule has 1 saturated heterocycles. The summed E-state index contributed by atoms with van der Waals surface area (Å²) in [5, 5.41) is 0. The van der Waals surface area contributed by atoms with Gasteiger partial charge in [-0.2, -0.15) is 4.98 Å². The van der Waals surface area contributed by atoms with Crippen molar-refractivity contribution in [1.29, 1.82) is 0 Å². The third-order valence-electron chi connectivity index (χ3n) is 5.30. The van der Waals surface area contributed by atoms with Crippen LogP contribution in [-0.4, -0.2) is 54.2 Å². The summed E-state index contributed by atoms with van der Waals surface area (Å²) in [4.78, 5) is 13.7. The fraction of sp³-hybridized carbons (Fsp3) is 0.765. The number of fused-ring (bicyclic) bond motifs is 1. The standard InChI is InChI=1S/C17H29N5O/c1-4-12(5-2)15-10-14-13(11-23-15)16(20-17(18)19-14)22-8-6-21(3)7-9-22/h12,15H,4-11H2,1-3H3,(H2,18,19,20). The molecule has 6 heteroatoms. The van der Waals surface area contributed by atoms with Gasteiger partial charge in [-0.15, -0.1) is 0 Å². The van der Waals surface area contributed by atoms with E-state index in [9.17, 15) is 0 Å². The number of nitrogens with zero attached hydrogens (tertiary/aromatic N) is 4. The van der Waals surface area contributed by atoms with E-state index in [4.69, 9.17) is 10.5 Å². The molecule has 1 atom stereocenters. The van der Waals surface area contributed by atoms with Crippen molar-refractivity contribution in [3.63, 3.8) is 0 Å². The Balaban J connectivity index is 1.85.